The number of aryl methyl sites for hydroxylation is 3. The minimum absolute atomic E-state index is 0.319. The summed E-state index contributed by atoms with van der Waals surface area (Å²) in [6, 6.07) is 11.2. The van der Waals surface area contributed by atoms with Crippen LogP contribution in [-0.2, 0) is 19.3 Å². The van der Waals surface area contributed by atoms with Gasteiger partial charge in [0.1, 0.15) is 0 Å². The molecule has 1 heteroatoms. The standard InChI is InChI=1S/C26H34O/c1-5-19(6-2)9-8-10-21-13-14-22-23(15-16-25(22)27)26(21)24-17-20(7-3)12-11-18(24)4/h11-14,17,19H,5-10,15-16H2,1-4H3. The fraction of sp³-hybridized carbons (Fsp3) is 0.500. The number of fused-ring (bicyclic) bond motifs is 1. The molecule has 0 spiro atoms. The lowest BCUT2D eigenvalue weighted by molar-refractivity contribution is 0.0994. The molecule has 0 atom stereocenters. The predicted octanol–water partition coefficient (Wildman–Crippen LogP) is 7.11. The van der Waals surface area contributed by atoms with Crippen LogP contribution >= 0.6 is 0 Å². The Hall–Kier alpha value is -1.89. The number of hydrogen-bond donors (Lipinski definition) is 0. The van der Waals surface area contributed by atoms with Crippen molar-refractivity contribution >= 4 is 5.78 Å². The molecule has 1 aliphatic carbocycles. The van der Waals surface area contributed by atoms with E-state index >= 15 is 0 Å². The molecule has 1 nitrogen and oxygen atoms in total. The Morgan fingerprint density at radius 2 is 1.74 bits per heavy atom. The first-order valence-electron chi connectivity index (χ1n) is 10.9. The quantitative estimate of drug-likeness (QED) is 0.489. The smallest absolute Gasteiger partial charge is 0.163 e. The zero-order chi connectivity index (χ0) is 19.4. The molecule has 0 amide bonds. The summed E-state index contributed by atoms with van der Waals surface area (Å²) in [7, 11) is 0. The van der Waals surface area contributed by atoms with Crippen molar-refractivity contribution in [2.45, 2.75) is 79.1 Å². The van der Waals surface area contributed by atoms with Gasteiger partial charge in [0.15, 0.2) is 5.78 Å². The lowest BCUT2D eigenvalue weighted by Gasteiger charge is -2.19. The first-order chi connectivity index (χ1) is 13.1. The number of Topliss-reactive ketones (excluding diaryl/α,β-unsaturated/α-hetero) is 1. The summed E-state index contributed by atoms with van der Waals surface area (Å²) in [6.45, 7) is 9.03. The van der Waals surface area contributed by atoms with Crippen molar-refractivity contribution < 1.29 is 4.79 Å². The van der Waals surface area contributed by atoms with E-state index in [1.54, 1.807) is 0 Å². The number of hydrogen-bond acceptors (Lipinski definition) is 1. The highest BCUT2D eigenvalue weighted by Crippen LogP contribution is 2.38. The van der Waals surface area contributed by atoms with Crippen molar-refractivity contribution in [2.75, 3.05) is 0 Å². The Morgan fingerprint density at radius 1 is 0.963 bits per heavy atom. The number of ketones is 1. The van der Waals surface area contributed by atoms with Crippen molar-refractivity contribution in [1.29, 1.82) is 0 Å². The second-order valence-electron chi connectivity index (χ2n) is 8.13. The molecule has 0 saturated heterocycles. The van der Waals surface area contributed by atoms with Gasteiger partial charge >= 0.3 is 0 Å². The fourth-order valence-electron chi connectivity index (χ4n) is 4.57. The lowest BCUT2D eigenvalue weighted by Crippen LogP contribution is -2.02. The predicted molar refractivity (Wildman–Crippen MR) is 116 cm³/mol. The molecule has 0 unspecified atom stereocenters. The molecular weight excluding hydrogens is 328 g/mol. The van der Waals surface area contributed by atoms with Gasteiger partial charge < -0.3 is 0 Å². The van der Waals surface area contributed by atoms with E-state index in [9.17, 15) is 4.79 Å². The third-order valence-electron chi connectivity index (χ3n) is 6.49. The Labute approximate surface area is 165 Å². The Kier molecular flexibility index (Phi) is 6.52. The topological polar surface area (TPSA) is 17.1 Å². The second-order valence-corrected chi connectivity index (χ2v) is 8.13. The average Bonchev–Trinajstić information content (AvgIpc) is 3.06. The summed E-state index contributed by atoms with van der Waals surface area (Å²) in [5.41, 5.74) is 9.12. The minimum Gasteiger partial charge on any atom is -0.294 e. The number of rotatable bonds is 8. The van der Waals surface area contributed by atoms with E-state index in [4.69, 9.17) is 0 Å². The van der Waals surface area contributed by atoms with Gasteiger partial charge in [-0.15, -0.1) is 0 Å². The number of benzene rings is 2. The highest BCUT2D eigenvalue weighted by atomic mass is 16.1. The third kappa shape index (κ3) is 4.18. The van der Waals surface area contributed by atoms with E-state index in [0.717, 1.165) is 30.7 Å². The molecule has 27 heavy (non-hydrogen) atoms. The summed E-state index contributed by atoms with van der Waals surface area (Å²) < 4.78 is 0. The Morgan fingerprint density at radius 3 is 2.44 bits per heavy atom. The first kappa shape index (κ1) is 19.9. The molecule has 0 bridgehead atoms. The van der Waals surface area contributed by atoms with Crippen molar-refractivity contribution in [2.24, 2.45) is 5.92 Å². The van der Waals surface area contributed by atoms with Crippen LogP contribution in [0.2, 0.25) is 0 Å². The maximum Gasteiger partial charge on any atom is 0.163 e. The van der Waals surface area contributed by atoms with Crippen LogP contribution in [0, 0.1) is 12.8 Å². The highest BCUT2D eigenvalue weighted by Gasteiger charge is 2.25. The van der Waals surface area contributed by atoms with E-state index in [2.05, 4.69) is 58.0 Å². The van der Waals surface area contributed by atoms with Gasteiger partial charge in [-0.25, -0.2) is 0 Å². The van der Waals surface area contributed by atoms with Crippen LogP contribution in [0.25, 0.3) is 11.1 Å². The zero-order valence-corrected chi connectivity index (χ0v) is 17.5. The van der Waals surface area contributed by atoms with Crippen LogP contribution < -0.4 is 0 Å². The molecule has 144 valence electrons. The maximum absolute atomic E-state index is 12.3. The Bertz CT molecular complexity index is 811. The molecule has 0 N–H and O–H groups in total. The van der Waals surface area contributed by atoms with Crippen LogP contribution in [0.5, 0.6) is 0 Å². The number of carbonyl (C=O) groups is 1. The van der Waals surface area contributed by atoms with Crippen molar-refractivity contribution in [1.82, 2.24) is 0 Å². The van der Waals surface area contributed by atoms with Crippen LogP contribution in [-0.4, -0.2) is 5.78 Å². The SMILES string of the molecule is CCc1ccc(C)c(-c2c(CCCC(CC)CC)ccc3c2CCC3=O)c1. The summed E-state index contributed by atoms with van der Waals surface area (Å²) in [5.74, 6) is 1.16. The average molecular weight is 363 g/mol. The van der Waals surface area contributed by atoms with Crippen molar-refractivity contribution in [3.8, 4) is 11.1 Å². The molecule has 1 aliphatic rings. The molecule has 0 aromatic heterocycles. The largest absolute Gasteiger partial charge is 0.294 e. The van der Waals surface area contributed by atoms with Gasteiger partial charge in [-0.2, -0.15) is 0 Å². The molecule has 0 fully saturated rings. The molecular formula is C26H34O. The van der Waals surface area contributed by atoms with Crippen LogP contribution in [0.1, 0.15) is 85.5 Å². The molecule has 0 radical (unpaired) electrons. The van der Waals surface area contributed by atoms with E-state index in [0.29, 0.717) is 12.2 Å². The summed E-state index contributed by atoms with van der Waals surface area (Å²) in [6.07, 6.45) is 8.83. The lowest BCUT2D eigenvalue weighted by atomic mass is 9.86. The third-order valence-corrected chi connectivity index (χ3v) is 6.49. The first-order valence-corrected chi connectivity index (χ1v) is 10.9. The summed E-state index contributed by atoms with van der Waals surface area (Å²) in [4.78, 5) is 12.3. The van der Waals surface area contributed by atoms with Gasteiger partial charge in [-0.1, -0.05) is 70.4 Å². The number of carbonyl (C=O) groups excluding carboxylic acids is 1. The van der Waals surface area contributed by atoms with Crippen LogP contribution in [0.15, 0.2) is 30.3 Å². The normalized spacial score (nSPS) is 13.4. The van der Waals surface area contributed by atoms with Gasteiger partial charge in [0.05, 0.1) is 0 Å². The molecule has 0 aliphatic heterocycles. The van der Waals surface area contributed by atoms with Crippen LogP contribution in [0.4, 0.5) is 0 Å². The van der Waals surface area contributed by atoms with Gasteiger partial charge in [-0.3, -0.25) is 4.79 Å². The van der Waals surface area contributed by atoms with Crippen LogP contribution in [0.3, 0.4) is 0 Å². The van der Waals surface area contributed by atoms with Gasteiger partial charge in [0.2, 0.25) is 0 Å². The van der Waals surface area contributed by atoms with Gasteiger partial charge in [0.25, 0.3) is 0 Å². The van der Waals surface area contributed by atoms with E-state index in [1.165, 1.54) is 59.1 Å². The second kappa shape index (κ2) is 8.87. The molecule has 3 rings (SSSR count). The van der Waals surface area contributed by atoms with Gasteiger partial charge in [0, 0.05) is 12.0 Å². The summed E-state index contributed by atoms with van der Waals surface area (Å²) >= 11 is 0. The van der Waals surface area contributed by atoms with E-state index in [1.807, 2.05) is 0 Å². The van der Waals surface area contributed by atoms with E-state index in [-0.39, 0.29) is 0 Å². The molecule has 0 heterocycles. The fourth-order valence-corrected chi connectivity index (χ4v) is 4.57. The Balaban J connectivity index is 2.01. The molecule has 2 aromatic rings. The molecule has 2 aromatic carbocycles. The maximum atomic E-state index is 12.3. The molecule has 0 saturated carbocycles. The highest BCUT2D eigenvalue weighted by molar-refractivity contribution is 6.03. The zero-order valence-electron chi connectivity index (χ0n) is 17.5. The minimum atomic E-state index is 0.319. The van der Waals surface area contributed by atoms with Gasteiger partial charge in [-0.05, 0) is 71.9 Å². The summed E-state index contributed by atoms with van der Waals surface area (Å²) in [5, 5.41) is 0. The van der Waals surface area contributed by atoms with Crippen molar-refractivity contribution in [3.63, 3.8) is 0 Å². The monoisotopic (exact) mass is 362 g/mol. The van der Waals surface area contributed by atoms with E-state index < -0.39 is 0 Å². The van der Waals surface area contributed by atoms with Crippen molar-refractivity contribution in [3.05, 3.63) is 58.1 Å².